The average Bonchev–Trinajstić information content (AvgIpc) is 2.78. The highest BCUT2D eigenvalue weighted by molar-refractivity contribution is 9.10. The molecule has 0 fully saturated rings. The lowest BCUT2D eigenvalue weighted by Crippen LogP contribution is -2.35. The van der Waals surface area contributed by atoms with E-state index >= 15 is 0 Å². The van der Waals surface area contributed by atoms with E-state index in [9.17, 15) is 0 Å². The largest absolute Gasteiger partial charge is 0.329 e. The summed E-state index contributed by atoms with van der Waals surface area (Å²) in [5.74, 6) is 0. The van der Waals surface area contributed by atoms with Crippen LogP contribution in [0.4, 0.5) is 0 Å². The molecule has 1 unspecified atom stereocenters. The number of nitrogens with one attached hydrogen (secondary N) is 1. The van der Waals surface area contributed by atoms with Crippen LogP contribution in [0.2, 0.25) is 0 Å². The Bertz CT molecular complexity index is 368. The molecule has 0 aliphatic heterocycles. The van der Waals surface area contributed by atoms with Gasteiger partial charge in [-0.2, -0.15) is 0 Å². The van der Waals surface area contributed by atoms with Crippen LogP contribution >= 0.6 is 15.9 Å². The molecule has 0 amide bonds. The van der Waals surface area contributed by atoms with Gasteiger partial charge in [0, 0.05) is 23.1 Å². The molecule has 0 heterocycles. The van der Waals surface area contributed by atoms with Gasteiger partial charge in [0.2, 0.25) is 0 Å². The van der Waals surface area contributed by atoms with Gasteiger partial charge in [0.15, 0.2) is 0 Å². The van der Waals surface area contributed by atoms with E-state index in [4.69, 9.17) is 5.73 Å². The highest BCUT2D eigenvalue weighted by atomic mass is 79.9. The molecule has 1 aromatic rings. The van der Waals surface area contributed by atoms with Crippen LogP contribution < -0.4 is 11.1 Å². The molecule has 1 aliphatic carbocycles. The number of nitrogens with two attached hydrogens (primary N) is 1. The first-order valence-electron chi connectivity index (χ1n) is 5.66. The van der Waals surface area contributed by atoms with Crippen LogP contribution in [0.1, 0.15) is 24.4 Å². The zero-order valence-corrected chi connectivity index (χ0v) is 10.8. The molecular weight excluding hydrogens is 264 g/mol. The van der Waals surface area contributed by atoms with Gasteiger partial charge in [-0.3, -0.25) is 0 Å². The van der Waals surface area contributed by atoms with Crippen LogP contribution in [0.15, 0.2) is 40.9 Å². The monoisotopic (exact) mass is 280 g/mol. The molecule has 0 spiro atoms. The lowest BCUT2D eigenvalue weighted by molar-refractivity contribution is 0.453. The molecular formula is C13H17BrN2. The van der Waals surface area contributed by atoms with Crippen molar-refractivity contribution in [3.63, 3.8) is 0 Å². The minimum atomic E-state index is 0.252. The second kappa shape index (κ2) is 5.62. The van der Waals surface area contributed by atoms with Crippen molar-refractivity contribution in [3.8, 4) is 0 Å². The highest BCUT2D eigenvalue weighted by Gasteiger charge is 2.16. The first-order valence-corrected chi connectivity index (χ1v) is 6.45. The third kappa shape index (κ3) is 2.94. The third-order valence-corrected chi connectivity index (χ3v) is 3.42. The van der Waals surface area contributed by atoms with E-state index in [0.717, 1.165) is 17.3 Å². The van der Waals surface area contributed by atoms with E-state index in [1.165, 1.54) is 5.56 Å². The summed E-state index contributed by atoms with van der Waals surface area (Å²) in [6.07, 6.45) is 6.69. The molecule has 3 heteroatoms. The number of hydrogen-bond acceptors (Lipinski definition) is 2. The normalized spacial score (nSPS) is 17.9. The number of hydrogen-bond donors (Lipinski definition) is 2. The van der Waals surface area contributed by atoms with Crippen LogP contribution in [-0.4, -0.2) is 12.6 Å². The van der Waals surface area contributed by atoms with E-state index < -0.39 is 0 Å². The first kappa shape index (κ1) is 11.8. The molecule has 0 radical (unpaired) electrons. The van der Waals surface area contributed by atoms with Crippen LogP contribution in [0.3, 0.4) is 0 Å². The number of halogens is 1. The summed E-state index contributed by atoms with van der Waals surface area (Å²) in [6.45, 7) is 0.632. The molecule has 1 aliphatic rings. The summed E-state index contributed by atoms with van der Waals surface area (Å²) < 4.78 is 1.11. The zero-order chi connectivity index (χ0) is 11.4. The Morgan fingerprint density at radius 3 is 2.75 bits per heavy atom. The second-order valence-electron chi connectivity index (χ2n) is 4.15. The van der Waals surface area contributed by atoms with Crippen molar-refractivity contribution in [1.29, 1.82) is 0 Å². The summed E-state index contributed by atoms with van der Waals surface area (Å²) in [5, 5.41) is 3.60. The molecule has 0 saturated carbocycles. The van der Waals surface area contributed by atoms with Gasteiger partial charge in [0.1, 0.15) is 0 Å². The molecule has 0 saturated heterocycles. The van der Waals surface area contributed by atoms with E-state index in [1.54, 1.807) is 0 Å². The fourth-order valence-corrected chi connectivity index (χ4v) is 2.48. The smallest absolute Gasteiger partial charge is 0.0447 e. The number of benzene rings is 1. The first-order chi connectivity index (χ1) is 7.79. The molecule has 2 rings (SSSR count). The Kier molecular flexibility index (Phi) is 4.16. The van der Waals surface area contributed by atoms with E-state index in [-0.39, 0.29) is 6.04 Å². The van der Waals surface area contributed by atoms with Crippen LogP contribution in [-0.2, 0) is 0 Å². The summed E-state index contributed by atoms with van der Waals surface area (Å²) >= 11 is 3.49. The van der Waals surface area contributed by atoms with Gasteiger partial charge >= 0.3 is 0 Å². The maximum atomic E-state index is 5.83. The molecule has 16 heavy (non-hydrogen) atoms. The van der Waals surface area contributed by atoms with Gasteiger partial charge in [0.25, 0.3) is 0 Å². The molecule has 1 atom stereocenters. The maximum absolute atomic E-state index is 5.83. The zero-order valence-electron chi connectivity index (χ0n) is 9.20. The minimum absolute atomic E-state index is 0.252. The van der Waals surface area contributed by atoms with Gasteiger partial charge in [-0.15, -0.1) is 0 Å². The predicted molar refractivity (Wildman–Crippen MR) is 71.2 cm³/mol. The quantitative estimate of drug-likeness (QED) is 0.833. The van der Waals surface area contributed by atoms with E-state index in [1.807, 2.05) is 6.07 Å². The summed E-state index contributed by atoms with van der Waals surface area (Å²) in [4.78, 5) is 0. The van der Waals surface area contributed by atoms with E-state index in [0.29, 0.717) is 12.6 Å². The predicted octanol–water partition coefficient (Wildman–Crippen LogP) is 2.76. The molecule has 0 bridgehead atoms. The average molecular weight is 281 g/mol. The van der Waals surface area contributed by atoms with Gasteiger partial charge < -0.3 is 11.1 Å². The second-order valence-corrected chi connectivity index (χ2v) is 5.07. The highest BCUT2D eigenvalue weighted by Crippen LogP contribution is 2.20. The fraction of sp³-hybridized carbons (Fsp3) is 0.385. The molecule has 2 nitrogen and oxygen atoms in total. The minimum Gasteiger partial charge on any atom is -0.329 e. The lowest BCUT2D eigenvalue weighted by Gasteiger charge is -2.22. The van der Waals surface area contributed by atoms with Crippen LogP contribution in [0.25, 0.3) is 0 Å². The molecule has 0 aromatic heterocycles. The Balaban J connectivity index is 2.04. The third-order valence-electron chi connectivity index (χ3n) is 2.93. The summed E-state index contributed by atoms with van der Waals surface area (Å²) in [7, 11) is 0. The van der Waals surface area contributed by atoms with Crippen LogP contribution in [0.5, 0.6) is 0 Å². The van der Waals surface area contributed by atoms with Crippen molar-refractivity contribution in [3.05, 3.63) is 46.5 Å². The Labute approximate surface area is 105 Å². The van der Waals surface area contributed by atoms with E-state index in [2.05, 4.69) is 51.6 Å². The van der Waals surface area contributed by atoms with Crippen molar-refractivity contribution >= 4 is 15.9 Å². The standard InChI is InChI=1S/C13H17BrN2/c14-11-5-3-4-10(8-11)13(9-15)16-12-6-1-2-7-12/h1-5,8,12-13,16H,6-7,9,15H2. The maximum Gasteiger partial charge on any atom is 0.0447 e. The van der Waals surface area contributed by atoms with Crippen molar-refractivity contribution in [2.24, 2.45) is 5.73 Å². The SMILES string of the molecule is NCC(NC1CC=CC1)c1cccc(Br)c1. The lowest BCUT2D eigenvalue weighted by atomic mass is 10.1. The van der Waals surface area contributed by atoms with Crippen molar-refractivity contribution in [1.82, 2.24) is 5.32 Å². The Hall–Kier alpha value is -0.640. The van der Waals surface area contributed by atoms with Gasteiger partial charge in [-0.25, -0.2) is 0 Å². The van der Waals surface area contributed by atoms with Gasteiger partial charge in [-0.1, -0.05) is 40.2 Å². The summed E-state index contributed by atoms with van der Waals surface area (Å²) in [5.41, 5.74) is 7.09. The fourth-order valence-electron chi connectivity index (χ4n) is 2.06. The topological polar surface area (TPSA) is 38.0 Å². The van der Waals surface area contributed by atoms with Crippen LogP contribution in [0, 0.1) is 0 Å². The van der Waals surface area contributed by atoms with Gasteiger partial charge in [0.05, 0.1) is 0 Å². The molecule has 3 N–H and O–H groups in total. The van der Waals surface area contributed by atoms with Crippen molar-refractivity contribution in [2.75, 3.05) is 6.54 Å². The Morgan fingerprint density at radius 1 is 1.38 bits per heavy atom. The number of rotatable bonds is 4. The van der Waals surface area contributed by atoms with Crippen molar-refractivity contribution < 1.29 is 0 Å². The van der Waals surface area contributed by atoms with Gasteiger partial charge in [-0.05, 0) is 30.5 Å². The molecule has 86 valence electrons. The Morgan fingerprint density at radius 2 is 2.12 bits per heavy atom. The molecule has 1 aromatic carbocycles. The van der Waals surface area contributed by atoms with Crippen molar-refractivity contribution in [2.45, 2.75) is 24.9 Å². The summed E-state index contributed by atoms with van der Waals surface area (Å²) in [6, 6.07) is 9.14.